The van der Waals surface area contributed by atoms with Gasteiger partial charge in [0.25, 0.3) is 0 Å². The number of hydrogen-bond acceptors (Lipinski definition) is 8. The summed E-state index contributed by atoms with van der Waals surface area (Å²) in [6.07, 6.45) is -3.47. The Morgan fingerprint density at radius 3 is 2.44 bits per heavy atom. The maximum absolute atomic E-state index is 10.7. The van der Waals surface area contributed by atoms with E-state index in [2.05, 4.69) is 6.07 Å². The molecule has 2 aromatic rings. The van der Waals surface area contributed by atoms with Gasteiger partial charge in [-0.1, -0.05) is 24.4 Å². The van der Waals surface area contributed by atoms with Crippen LogP contribution < -0.4 is 4.74 Å². The first-order valence-electron chi connectivity index (χ1n) is 10.6. The maximum Gasteiger partial charge on any atom is 0.164 e. The summed E-state index contributed by atoms with van der Waals surface area (Å²) in [6, 6.07) is 9.65. The van der Waals surface area contributed by atoms with Crippen LogP contribution in [0.5, 0.6) is 5.75 Å². The van der Waals surface area contributed by atoms with Crippen molar-refractivity contribution in [3.05, 3.63) is 45.7 Å². The number of aliphatic hydroxyl groups excluding tert-OH is 4. The second-order valence-electron chi connectivity index (χ2n) is 8.12. The van der Waals surface area contributed by atoms with Gasteiger partial charge in [0.2, 0.25) is 0 Å². The molecule has 2 heterocycles. The molecular formula is C23H26N2O6S. The lowest BCUT2D eigenvalue weighted by molar-refractivity contribution is -0.252. The minimum atomic E-state index is -1.53. The highest BCUT2D eigenvalue weighted by Crippen LogP contribution is 2.39. The third kappa shape index (κ3) is 3.73. The van der Waals surface area contributed by atoms with Crippen LogP contribution in [0.15, 0.2) is 24.3 Å². The van der Waals surface area contributed by atoms with Crippen LogP contribution in [-0.4, -0.2) is 63.1 Å². The lowest BCUT2D eigenvalue weighted by Crippen LogP contribution is -2.57. The van der Waals surface area contributed by atoms with E-state index in [0.717, 1.165) is 41.6 Å². The molecule has 1 aromatic carbocycles. The van der Waals surface area contributed by atoms with Gasteiger partial charge in [0, 0.05) is 11.3 Å². The van der Waals surface area contributed by atoms with Crippen LogP contribution in [0.25, 0.3) is 11.1 Å². The Labute approximate surface area is 190 Å². The number of fused-ring (bicyclic) bond motifs is 1. The Kier molecular flexibility index (Phi) is 6.62. The van der Waals surface area contributed by atoms with Crippen molar-refractivity contribution in [2.45, 2.75) is 56.3 Å². The molecule has 9 heteroatoms. The summed E-state index contributed by atoms with van der Waals surface area (Å²) in [6.45, 7) is -0.536. The summed E-state index contributed by atoms with van der Waals surface area (Å²) >= 11 is 5.71. The Bertz CT molecular complexity index is 1090. The quantitative estimate of drug-likeness (QED) is 0.509. The van der Waals surface area contributed by atoms with E-state index in [4.69, 9.17) is 21.7 Å². The molecule has 5 atom stereocenters. The fraction of sp³-hybridized carbons (Fsp3) is 0.478. The topological polar surface area (TPSA) is 128 Å². The highest BCUT2D eigenvalue weighted by Gasteiger charge is 2.45. The molecule has 0 saturated carbocycles. The first kappa shape index (κ1) is 22.9. The van der Waals surface area contributed by atoms with Crippen LogP contribution in [0.1, 0.15) is 35.9 Å². The third-order valence-corrected chi connectivity index (χ3v) is 6.73. The van der Waals surface area contributed by atoms with E-state index in [1.165, 1.54) is 0 Å². The second-order valence-corrected chi connectivity index (χ2v) is 8.50. The van der Waals surface area contributed by atoms with Gasteiger partial charge >= 0.3 is 0 Å². The number of benzene rings is 1. The zero-order valence-electron chi connectivity index (χ0n) is 17.6. The Morgan fingerprint density at radius 2 is 1.81 bits per heavy atom. The van der Waals surface area contributed by atoms with Gasteiger partial charge in [-0.05, 0) is 48.9 Å². The van der Waals surface area contributed by atoms with Gasteiger partial charge in [-0.2, -0.15) is 5.26 Å². The fourth-order valence-electron chi connectivity index (χ4n) is 4.67. The molecule has 1 aliphatic heterocycles. The predicted octanol–water partition coefficient (Wildman–Crippen LogP) is 1.62. The van der Waals surface area contributed by atoms with Gasteiger partial charge in [-0.15, -0.1) is 0 Å². The molecular weight excluding hydrogens is 432 g/mol. The van der Waals surface area contributed by atoms with E-state index in [1.54, 1.807) is 11.7 Å². The zero-order chi connectivity index (χ0) is 23.0. The van der Waals surface area contributed by atoms with Crippen LogP contribution in [0.3, 0.4) is 0 Å². The lowest BCUT2D eigenvalue weighted by Gasteiger charge is -2.42. The number of nitriles is 1. The van der Waals surface area contributed by atoms with Crippen molar-refractivity contribution in [1.29, 1.82) is 5.26 Å². The normalized spacial score (nSPS) is 27.4. The average Bonchev–Trinajstić information content (AvgIpc) is 2.83. The standard InChI is InChI=1S/C23H26N2O6S/c1-30-13-8-6-12(7-9-13)18-14-4-2-3-5-16(14)25(23(32)15(18)10-24)22-21(29)20(28)19(27)17(11-26)31-22/h6-9,17,19-22,26-29H,2-5,11H2,1H3/t17-,19+,20+,21-,22+/m0/s1. The van der Waals surface area contributed by atoms with Crippen LogP contribution in [-0.2, 0) is 17.6 Å². The number of rotatable bonds is 4. The Morgan fingerprint density at radius 1 is 1.12 bits per heavy atom. The van der Waals surface area contributed by atoms with Gasteiger partial charge in [-0.3, -0.25) is 0 Å². The van der Waals surface area contributed by atoms with Crippen LogP contribution >= 0.6 is 12.2 Å². The molecule has 170 valence electrons. The average molecular weight is 459 g/mol. The number of nitrogens with zero attached hydrogens (tertiary/aromatic N) is 2. The highest BCUT2D eigenvalue weighted by atomic mass is 32.1. The summed E-state index contributed by atoms with van der Waals surface area (Å²) in [5.74, 6) is 0.701. The Balaban J connectivity index is 1.94. The van der Waals surface area contributed by atoms with Crippen LogP contribution in [0, 0.1) is 16.0 Å². The molecule has 8 nitrogen and oxygen atoms in total. The van der Waals surface area contributed by atoms with Crippen molar-refractivity contribution in [3.8, 4) is 22.9 Å². The largest absolute Gasteiger partial charge is 0.497 e. The van der Waals surface area contributed by atoms with Gasteiger partial charge in [0.05, 0.1) is 19.3 Å². The third-order valence-electron chi connectivity index (χ3n) is 6.33. The molecule has 2 aliphatic rings. The summed E-state index contributed by atoms with van der Waals surface area (Å²) in [4.78, 5) is 0. The minimum absolute atomic E-state index is 0.184. The summed E-state index contributed by atoms with van der Waals surface area (Å²) < 4.78 is 12.8. The van der Waals surface area contributed by atoms with Crippen LogP contribution in [0.4, 0.5) is 0 Å². The smallest absolute Gasteiger partial charge is 0.164 e. The predicted molar refractivity (Wildman–Crippen MR) is 118 cm³/mol. The van der Waals surface area contributed by atoms with Gasteiger partial charge < -0.3 is 34.5 Å². The molecule has 0 spiro atoms. The molecule has 0 radical (unpaired) electrons. The summed E-state index contributed by atoms with van der Waals surface area (Å²) in [5.41, 5.74) is 3.66. The van der Waals surface area contributed by atoms with E-state index >= 15 is 0 Å². The van der Waals surface area contributed by atoms with Gasteiger partial charge in [0.15, 0.2) is 6.23 Å². The van der Waals surface area contributed by atoms with Gasteiger partial charge in [-0.25, -0.2) is 0 Å². The molecule has 0 amide bonds. The highest BCUT2D eigenvalue weighted by molar-refractivity contribution is 7.71. The molecule has 0 unspecified atom stereocenters. The van der Waals surface area contributed by atoms with E-state index < -0.39 is 37.3 Å². The fourth-order valence-corrected chi connectivity index (χ4v) is 5.03. The molecule has 1 aromatic heterocycles. The van der Waals surface area contributed by atoms with Crippen molar-refractivity contribution < 1.29 is 29.9 Å². The first-order chi connectivity index (χ1) is 15.4. The molecule has 4 N–H and O–H groups in total. The lowest BCUT2D eigenvalue weighted by atomic mass is 9.86. The molecule has 1 saturated heterocycles. The molecule has 0 bridgehead atoms. The first-order valence-corrected chi connectivity index (χ1v) is 11.0. The molecule has 32 heavy (non-hydrogen) atoms. The zero-order valence-corrected chi connectivity index (χ0v) is 18.5. The van der Waals surface area contributed by atoms with E-state index in [-0.39, 0.29) is 10.2 Å². The number of pyridine rings is 1. The summed E-state index contributed by atoms with van der Waals surface area (Å²) in [5, 5.41) is 50.9. The van der Waals surface area contributed by atoms with E-state index in [9.17, 15) is 25.7 Å². The number of aromatic nitrogens is 1. The number of hydrogen-bond donors (Lipinski definition) is 4. The van der Waals surface area contributed by atoms with Crippen molar-refractivity contribution in [3.63, 3.8) is 0 Å². The minimum Gasteiger partial charge on any atom is -0.497 e. The SMILES string of the molecule is COc1ccc(-c2c3c(n([C@@H]4O[C@@H](CO)[C@@H](O)[C@@H](O)[C@@H]4O)c(=S)c2C#N)CCCC3)cc1. The van der Waals surface area contributed by atoms with Crippen molar-refractivity contribution in [2.24, 2.45) is 0 Å². The van der Waals surface area contributed by atoms with Crippen LogP contribution in [0.2, 0.25) is 0 Å². The molecule has 1 fully saturated rings. The number of aliphatic hydroxyl groups is 4. The van der Waals surface area contributed by atoms with Crippen molar-refractivity contribution >= 4 is 12.2 Å². The molecule has 1 aliphatic carbocycles. The van der Waals surface area contributed by atoms with Gasteiger partial charge in [0.1, 0.15) is 40.9 Å². The van der Waals surface area contributed by atoms with Crippen molar-refractivity contribution in [1.82, 2.24) is 4.57 Å². The van der Waals surface area contributed by atoms with E-state index in [1.807, 2.05) is 24.3 Å². The van der Waals surface area contributed by atoms with E-state index in [0.29, 0.717) is 12.2 Å². The number of ether oxygens (including phenoxy) is 2. The number of methoxy groups -OCH3 is 1. The Hall–Kier alpha value is -2.32. The monoisotopic (exact) mass is 458 g/mol. The maximum atomic E-state index is 10.7. The second kappa shape index (κ2) is 9.27. The summed E-state index contributed by atoms with van der Waals surface area (Å²) in [7, 11) is 1.59. The van der Waals surface area contributed by atoms with Crippen molar-refractivity contribution in [2.75, 3.05) is 13.7 Å². The molecule has 4 rings (SSSR count).